The van der Waals surface area contributed by atoms with Crippen molar-refractivity contribution < 1.29 is 0 Å². The van der Waals surface area contributed by atoms with Crippen LogP contribution in [-0.2, 0) is 6.54 Å². The van der Waals surface area contributed by atoms with E-state index in [2.05, 4.69) is 41.2 Å². The Hall–Kier alpha value is -2.72. The summed E-state index contributed by atoms with van der Waals surface area (Å²) in [5.41, 5.74) is 8.92. The van der Waals surface area contributed by atoms with Crippen LogP contribution in [0.2, 0.25) is 0 Å². The van der Waals surface area contributed by atoms with Gasteiger partial charge in [-0.05, 0) is 40.4 Å². The highest BCUT2D eigenvalue weighted by Gasteiger charge is 2.53. The second kappa shape index (κ2) is 5.89. The number of aromatic nitrogens is 6. The fourth-order valence-electron chi connectivity index (χ4n) is 4.08. The van der Waals surface area contributed by atoms with Gasteiger partial charge in [0.05, 0.1) is 28.2 Å². The summed E-state index contributed by atoms with van der Waals surface area (Å²) >= 11 is 3.54. The van der Waals surface area contributed by atoms with Gasteiger partial charge in [-0.15, -0.1) is 0 Å². The number of para-hydroxylation sites is 2. The van der Waals surface area contributed by atoms with E-state index in [1.165, 1.54) is 0 Å². The second-order valence-electron chi connectivity index (χ2n) is 7.41. The molecule has 2 fully saturated rings. The van der Waals surface area contributed by atoms with E-state index in [0.29, 0.717) is 30.4 Å². The first kappa shape index (κ1) is 16.3. The van der Waals surface area contributed by atoms with Crippen molar-refractivity contribution in [1.82, 2.24) is 29.5 Å². The lowest BCUT2D eigenvalue weighted by molar-refractivity contribution is 0.651. The number of halogens is 1. The Bertz CT molecular complexity index is 1170. The third kappa shape index (κ3) is 2.48. The number of aromatic amines is 1. The summed E-state index contributed by atoms with van der Waals surface area (Å²) < 4.78 is 2.54. The molecule has 1 aromatic carbocycles. The molecule has 1 saturated heterocycles. The predicted octanol–water partition coefficient (Wildman–Crippen LogP) is 1.91. The Kier molecular flexibility index (Phi) is 3.42. The van der Waals surface area contributed by atoms with Gasteiger partial charge >= 0.3 is 0 Å². The molecule has 1 aliphatic carbocycles. The van der Waals surface area contributed by atoms with Crippen molar-refractivity contribution >= 4 is 44.5 Å². The molecule has 4 N–H and O–H groups in total. The first-order chi connectivity index (χ1) is 13.7. The zero-order chi connectivity index (χ0) is 18.8. The van der Waals surface area contributed by atoms with Crippen LogP contribution in [0.5, 0.6) is 0 Å². The number of piperidine rings is 1. The number of H-pyrrole nitrogens is 1. The Morgan fingerprint density at radius 3 is 2.93 bits per heavy atom. The van der Waals surface area contributed by atoms with Gasteiger partial charge in [0.1, 0.15) is 5.82 Å². The zero-order valence-corrected chi connectivity index (χ0v) is 16.5. The number of nitrogens with two attached hydrogens (primary N) is 1. The average Bonchev–Trinajstić information content (AvgIpc) is 3.08. The van der Waals surface area contributed by atoms with E-state index in [4.69, 9.17) is 15.7 Å². The number of hydrogen-bond donors (Lipinski definition) is 3. The topological polar surface area (TPSA) is 113 Å². The third-order valence-corrected chi connectivity index (χ3v) is 6.14. The molecule has 0 amide bonds. The minimum absolute atomic E-state index is 0.199. The minimum atomic E-state index is 0.199. The number of fused-ring (bicyclic) bond motifs is 3. The molecule has 28 heavy (non-hydrogen) atoms. The second-order valence-corrected chi connectivity index (χ2v) is 8.27. The molecular formula is C18H18BrN9. The molecule has 1 saturated carbocycles. The molecule has 0 bridgehead atoms. The smallest absolute Gasteiger partial charge is 0.231 e. The van der Waals surface area contributed by atoms with E-state index >= 15 is 0 Å². The minimum Gasteiger partial charge on any atom is -0.347 e. The van der Waals surface area contributed by atoms with Crippen molar-refractivity contribution in [1.29, 1.82) is 0 Å². The van der Waals surface area contributed by atoms with Crippen LogP contribution >= 0.6 is 15.9 Å². The molecule has 0 radical (unpaired) electrons. The van der Waals surface area contributed by atoms with Crippen LogP contribution in [0.4, 0.5) is 11.9 Å². The molecule has 4 heterocycles. The van der Waals surface area contributed by atoms with Gasteiger partial charge in [0.25, 0.3) is 0 Å². The van der Waals surface area contributed by atoms with Crippen molar-refractivity contribution in [3.05, 3.63) is 40.8 Å². The van der Waals surface area contributed by atoms with Crippen LogP contribution in [0.1, 0.15) is 12.2 Å². The molecule has 0 spiro atoms. The summed E-state index contributed by atoms with van der Waals surface area (Å²) in [4.78, 5) is 19.7. The van der Waals surface area contributed by atoms with Crippen molar-refractivity contribution in [2.75, 3.05) is 16.8 Å². The molecule has 2 aliphatic rings. The monoisotopic (exact) mass is 439 g/mol. The highest BCUT2D eigenvalue weighted by atomic mass is 79.9. The molecule has 1 aliphatic heterocycles. The summed E-state index contributed by atoms with van der Waals surface area (Å²) in [5, 5.41) is 7.75. The number of rotatable bonds is 4. The lowest BCUT2D eigenvalue weighted by Crippen LogP contribution is -2.33. The molecule has 1 unspecified atom stereocenters. The van der Waals surface area contributed by atoms with Gasteiger partial charge < -0.3 is 20.9 Å². The van der Waals surface area contributed by atoms with Crippen LogP contribution in [0, 0.1) is 5.92 Å². The Morgan fingerprint density at radius 2 is 2.14 bits per heavy atom. The van der Waals surface area contributed by atoms with E-state index in [9.17, 15) is 0 Å². The Labute approximate surface area is 168 Å². The van der Waals surface area contributed by atoms with Gasteiger partial charge in [-0.3, -0.25) is 0 Å². The number of benzene rings is 1. The molecule has 6 rings (SSSR count). The van der Waals surface area contributed by atoms with Crippen LogP contribution < -0.4 is 16.0 Å². The van der Waals surface area contributed by atoms with Crippen LogP contribution in [0.15, 0.2) is 34.9 Å². The molecular weight excluding hydrogens is 422 g/mol. The Balaban J connectivity index is 1.35. The molecule has 142 valence electrons. The van der Waals surface area contributed by atoms with Crippen molar-refractivity contribution in [2.45, 2.75) is 25.0 Å². The van der Waals surface area contributed by atoms with Crippen LogP contribution in [-0.4, -0.2) is 48.2 Å². The fraction of sp³-hybridized carbons (Fsp3) is 0.333. The largest absolute Gasteiger partial charge is 0.347 e. The van der Waals surface area contributed by atoms with E-state index in [0.717, 1.165) is 39.9 Å². The lowest BCUT2D eigenvalue weighted by atomic mass is 10.2. The van der Waals surface area contributed by atoms with Gasteiger partial charge in [-0.25, -0.2) is 4.98 Å². The standard InChI is InChI=1S/C18H18BrN9/c19-10-6-22-28-16(10)25-18(27-8-11(20)9-5-14(9)27)26-17(28)21-7-15-23-12-3-1-2-4-13(12)24-15/h1-4,6,9,11,14H,5,7-8,20H2,(H,23,24)(H,21,25,26)/t9-,11?,14+/m1/s1. The highest BCUT2D eigenvalue weighted by molar-refractivity contribution is 9.10. The number of imidazole rings is 1. The van der Waals surface area contributed by atoms with E-state index in [1.54, 1.807) is 10.7 Å². The molecule has 4 aromatic rings. The average molecular weight is 440 g/mol. The van der Waals surface area contributed by atoms with Crippen molar-refractivity contribution in [3.8, 4) is 0 Å². The van der Waals surface area contributed by atoms with Gasteiger partial charge in [0.2, 0.25) is 11.9 Å². The van der Waals surface area contributed by atoms with Crippen LogP contribution in [0.3, 0.4) is 0 Å². The summed E-state index contributed by atoms with van der Waals surface area (Å²) in [5.74, 6) is 2.73. The molecule has 3 atom stereocenters. The highest BCUT2D eigenvalue weighted by Crippen LogP contribution is 2.45. The van der Waals surface area contributed by atoms with Crippen molar-refractivity contribution in [3.63, 3.8) is 0 Å². The number of anilines is 2. The van der Waals surface area contributed by atoms with E-state index in [1.807, 2.05) is 24.3 Å². The molecule has 3 aromatic heterocycles. The summed E-state index contributed by atoms with van der Waals surface area (Å²) in [7, 11) is 0. The zero-order valence-electron chi connectivity index (χ0n) is 14.9. The lowest BCUT2D eigenvalue weighted by Gasteiger charge is -2.20. The van der Waals surface area contributed by atoms with E-state index < -0.39 is 0 Å². The number of nitrogens with zero attached hydrogens (tertiary/aromatic N) is 6. The first-order valence-corrected chi connectivity index (χ1v) is 10.1. The predicted molar refractivity (Wildman–Crippen MR) is 109 cm³/mol. The van der Waals surface area contributed by atoms with Gasteiger partial charge in [-0.1, -0.05) is 12.1 Å². The first-order valence-electron chi connectivity index (χ1n) is 9.28. The fourth-order valence-corrected chi connectivity index (χ4v) is 4.43. The number of nitrogens with one attached hydrogen (secondary N) is 2. The third-order valence-electron chi connectivity index (χ3n) is 5.59. The summed E-state index contributed by atoms with van der Waals surface area (Å²) in [6.45, 7) is 1.30. The van der Waals surface area contributed by atoms with Crippen molar-refractivity contribution in [2.24, 2.45) is 11.7 Å². The van der Waals surface area contributed by atoms with Gasteiger partial charge in [0.15, 0.2) is 5.65 Å². The Morgan fingerprint density at radius 1 is 1.25 bits per heavy atom. The maximum Gasteiger partial charge on any atom is 0.231 e. The molecule has 9 nitrogen and oxygen atoms in total. The quantitative estimate of drug-likeness (QED) is 0.444. The summed E-state index contributed by atoms with van der Waals surface area (Å²) in [6.07, 6.45) is 2.85. The maximum absolute atomic E-state index is 6.23. The van der Waals surface area contributed by atoms with Gasteiger partial charge in [0, 0.05) is 18.6 Å². The summed E-state index contributed by atoms with van der Waals surface area (Å²) in [6, 6.07) is 8.63. The normalized spacial score (nSPS) is 23.5. The van der Waals surface area contributed by atoms with Crippen LogP contribution in [0.25, 0.3) is 16.7 Å². The van der Waals surface area contributed by atoms with E-state index in [-0.39, 0.29) is 6.04 Å². The maximum atomic E-state index is 6.23. The number of hydrogen-bond acceptors (Lipinski definition) is 7. The molecule has 10 heteroatoms. The van der Waals surface area contributed by atoms with Gasteiger partial charge in [-0.2, -0.15) is 19.6 Å². The SMILES string of the molecule is NC1CN(c2nc(NCc3nc4ccccc4[nH]3)n3ncc(Br)c3n2)[C@H]2C[C@H]12.